The first-order chi connectivity index (χ1) is 11.9. The van der Waals surface area contributed by atoms with Crippen LogP contribution in [0.3, 0.4) is 0 Å². The summed E-state index contributed by atoms with van der Waals surface area (Å²) in [4.78, 5) is 24.2. The van der Waals surface area contributed by atoms with Crippen molar-refractivity contribution in [1.29, 1.82) is 0 Å². The number of methoxy groups -OCH3 is 2. The number of carbonyl (C=O) groups excluding carboxylic acids is 2. The molecule has 0 saturated carbocycles. The summed E-state index contributed by atoms with van der Waals surface area (Å²) in [6.07, 6.45) is 0. The molecule has 1 aromatic heterocycles. The molecule has 2 rings (SSSR count). The fraction of sp³-hybridized carbons (Fsp3) is 0.294. The molecule has 0 fully saturated rings. The molecule has 0 aliphatic carbocycles. The van der Waals surface area contributed by atoms with Crippen LogP contribution in [-0.4, -0.2) is 32.7 Å². The van der Waals surface area contributed by atoms with E-state index in [4.69, 9.17) is 25.8 Å². The van der Waals surface area contributed by atoms with E-state index in [1.165, 1.54) is 0 Å². The lowest BCUT2D eigenvalue weighted by molar-refractivity contribution is -0.124. The zero-order valence-corrected chi connectivity index (χ0v) is 15.6. The monoisotopic (exact) mass is 383 g/mol. The van der Waals surface area contributed by atoms with Crippen molar-refractivity contribution in [2.24, 2.45) is 0 Å². The maximum atomic E-state index is 12.0. The number of nitrogens with one attached hydrogen (secondary N) is 1. The summed E-state index contributed by atoms with van der Waals surface area (Å²) in [6, 6.07) is 8.11. The first-order valence-electron chi connectivity index (χ1n) is 7.38. The highest BCUT2D eigenvalue weighted by molar-refractivity contribution is 7.17. The summed E-state index contributed by atoms with van der Waals surface area (Å²) in [7, 11) is 3.11. The summed E-state index contributed by atoms with van der Waals surface area (Å²) in [5.41, 5.74) is 0.756. The minimum Gasteiger partial charge on any atom is -0.497 e. The average molecular weight is 384 g/mol. The average Bonchev–Trinajstić information content (AvgIpc) is 3.05. The Balaban J connectivity index is 1.95. The number of thiophene rings is 1. The molecule has 0 radical (unpaired) electrons. The van der Waals surface area contributed by atoms with E-state index in [1.54, 1.807) is 51.5 Å². The fourth-order valence-electron chi connectivity index (χ4n) is 2.16. The van der Waals surface area contributed by atoms with E-state index in [1.807, 2.05) is 0 Å². The third kappa shape index (κ3) is 5.11. The van der Waals surface area contributed by atoms with E-state index < -0.39 is 11.9 Å². The molecule has 1 atom stereocenters. The van der Waals surface area contributed by atoms with Crippen LogP contribution in [0.5, 0.6) is 11.5 Å². The zero-order valence-electron chi connectivity index (χ0n) is 14.0. The maximum absolute atomic E-state index is 12.0. The van der Waals surface area contributed by atoms with Gasteiger partial charge in [0.05, 0.1) is 24.6 Å². The Labute approximate surface area is 154 Å². The number of rotatable bonds is 7. The third-order valence-corrected chi connectivity index (χ3v) is 4.60. The standard InChI is InChI=1S/C17H18ClNO5S/c1-10(12-8-11(22-2)4-5-13(12)23-3)19-16(20)9-24-17(21)14-6-7-15(18)25-14/h4-8,10H,9H2,1-3H3,(H,19,20)/t10-/m1/s1. The summed E-state index contributed by atoms with van der Waals surface area (Å²) < 4.78 is 16.0. The fourth-order valence-corrected chi connectivity index (χ4v) is 3.10. The Bertz CT molecular complexity index is 761. The summed E-state index contributed by atoms with van der Waals surface area (Å²) in [5, 5.41) is 2.76. The van der Waals surface area contributed by atoms with Crippen molar-refractivity contribution in [1.82, 2.24) is 5.32 Å². The van der Waals surface area contributed by atoms with Crippen molar-refractivity contribution in [3.63, 3.8) is 0 Å². The second-order valence-electron chi connectivity index (χ2n) is 5.08. The zero-order chi connectivity index (χ0) is 18.4. The van der Waals surface area contributed by atoms with Gasteiger partial charge < -0.3 is 19.5 Å². The van der Waals surface area contributed by atoms with Gasteiger partial charge in [-0.15, -0.1) is 11.3 Å². The number of hydrogen-bond donors (Lipinski definition) is 1. The predicted molar refractivity (Wildman–Crippen MR) is 95.7 cm³/mol. The molecule has 0 saturated heterocycles. The van der Waals surface area contributed by atoms with Gasteiger partial charge in [-0.05, 0) is 37.3 Å². The number of benzene rings is 1. The summed E-state index contributed by atoms with van der Waals surface area (Å²) in [6.45, 7) is 1.42. The summed E-state index contributed by atoms with van der Waals surface area (Å²) >= 11 is 6.86. The SMILES string of the molecule is COc1ccc(OC)c([C@@H](C)NC(=O)COC(=O)c2ccc(Cl)s2)c1. The molecule has 0 aliphatic rings. The molecule has 6 nitrogen and oxygen atoms in total. The minimum atomic E-state index is -0.585. The van der Waals surface area contributed by atoms with Gasteiger partial charge in [0.2, 0.25) is 0 Å². The molecule has 0 unspecified atom stereocenters. The van der Waals surface area contributed by atoms with Crippen LogP contribution < -0.4 is 14.8 Å². The van der Waals surface area contributed by atoms with Gasteiger partial charge in [-0.2, -0.15) is 0 Å². The van der Waals surface area contributed by atoms with E-state index in [0.29, 0.717) is 20.7 Å². The van der Waals surface area contributed by atoms with Crippen LogP contribution in [0, 0.1) is 0 Å². The van der Waals surface area contributed by atoms with Gasteiger partial charge in [0.25, 0.3) is 5.91 Å². The topological polar surface area (TPSA) is 73.9 Å². The van der Waals surface area contributed by atoms with Gasteiger partial charge in [-0.25, -0.2) is 4.79 Å². The molecule has 1 heterocycles. The first kappa shape index (κ1) is 19.1. The molecular formula is C17H18ClNO5S. The van der Waals surface area contributed by atoms with Crippen molar-refractivity contribution in [3.05, 3.63) is 45.1 Å². The molecule has 8 heteroatoms. The lowest BCUT2D eigenvalue weighted by atomic mass is 10.1. The molecule has 134 valence electrons. The van der Waals surface area contributed by atoms with Crippen LogP contribution in [-0.2, 0) is 9.53 Å². The molecule has 2 aromatic rings. The first-order valence-corrected chi connectivity index (χ1v) is 8.57. The van der Waals surface area contributed by atoms with E-state index in [0.717, 1.165) is 16.9 Å². The van der Waals surface area contributed by atoms with Crippen molar-refractivity contribution < 1.29 is 23.8 Å². The Kier molecular flexibility index (Phi) is 6.66. The van der Waals surface area contributed by atoms with Crippen molar-refractivity contribution in [2.45, 2.75) is 13.0 Å². The van der Waals surface area contributed by atoms with Gasteiger partial charge >= 0.3 is 5.97 Å². The Hall–Kier alpha value is -2.25. The van der Waals surface area contributed by atoms with E-state index >= 15 is 0 Å². The van der Waals surface area contributed by atoms with Gasteiger partial charge in [-0.3, -0.25) is 4.79 Å². The van der Waals surface area contributed by atoms with Crippen molar-refractivity contribution in [3.8, 4) is 11.5 Å². The third-order valence-electron chi connectivity index (χ3n) is 3.39. The van der Waals surface area contributed by atoms with Gasteiger partial charge in [0.1, 0.15) is 16.4 Å². The van der Waals surface area contributed by atoms with Crippen LogP contribution in [0.1, 0.15) is 28.2 Å². The van der Waals surface area contributed by atoms with E-state index in [2.05, 4.69) is 5.32 Å². The molecular weight excluding hydrogens is 366 g/mol. The molecule has 0 bridgehead atoms. The molecule has 1 N–H and O–H groups in total. The second-order valence-corrected chi connectivity index (χ2v) is 6.79. The molecule has 0 spiro atoms. The Morgan fingerprint density at radius 1 is 1.20 bits per heavy atom. The maximum Gasteiger partial charge on any atom is 0.348 e. The predicted octanol–water partition coefficient (Wildman–Crippen LogP) is 3.45. The highest BCUT2D eigenvalue weighted by Crippen LogP contribution is 2.29. The van der Waals surface area contributed by atoms with Crippen LogP contribution in [0.25, 0.3) is 0 Å². The van der Waals surface area contributed by atoms with Crippen LogP contribution in [0.2, 0.25) is 4.34 Å². The highest BCUT2D eigenvalue weighted by atomic mass is 35.5. The Morgan fingerprint density at radius 2 is 1.96 bits per heavy atom. The van der Waals surface area contributed by atoms with Crippen molar-refractivity contribution in [2.75, 3.05) is 20.8 Å². The number of carbonyl (C=O) groups is 2. The normalized spacial score (nSPS) is 11.5. The highest BCUT2D eigenvalue weighted by Gasteiger charge is 2.17. The van der Waals surface area contributed by atoms with Gasteiger partial charge in [0.15, 0.2) is 6.61 Å². The van der Waals surface area contributed by atoms with Crippen LogP contribution in [0.15, 0.2) is 30.3 Å². The van der Waals surface area contributed by atoms with Crippen LogP contribution in [0.4, 0.5) is 0 Å². The van der Waals surface area contributed by atoms with Crippen molar-refractivity contribution >= 4 is 34.8 Å². The number of amides is 1. The summed E-state index contributed by atoms with van der Waals surface area (Å²) in [5.74, 6) is 0.267. The smallest absolute Gasteiger partial charge is 0.348 e. The quantitative estimate of drug-likeness (QED) is 0.741. The molecule has 25 heavy (non-hydrogen) atoms. The van der Waals surface area contributed by atoms with Gasteiger partial charge in [0, 0.05) is 5.56 Å². The van der Waals surface area contributed by atoms with Crippen LogP contribution >= 0.6 is 22.9 Å². The van der Waals surface area contributed by atoms with E-state index in [-0.39, 0.29) is 12.6 Å². The Morgan fingerprint density at radius 3 is 2.56 bits per heavy atom. The number of halogens is 1. The molecule has 1 amide bonds. The lowest BCUT2D eigenvalue weighted by Gasteiger charge is -2.18. The largest absolute Gasteiger partial charge is 0.497 e. The number of ether oxygens (including phenoxy) is 3. The second kappa shape index (κ2) is 8.73. The molecule has 0 aliphatic heterocycles. The molecule has 1 aromatic carbocycles. The lowest BCUT2D eigenvalue weighted by Crippen LogP contribution is -2.31. The van der Waals surface area contributed by atoms with Gasteiger partial charge in [-0.1, -0.05) is 11.6 Å². The van der Waals surface area contributed by atoms with E-state index in [9.17, 15) is 9.59 Å². The minimum absolute atomic E-state index is 0.348. The number of esters is 1. The number of hydrogen-bond acceptors (Lipinski definition) is 6.